The molecule has 1 aliphatic rings. The molecular formula is C39H52N2O5. The number of hydrogen-bond donors (Lipinski definition) is 2. The lowest BCUT2D eigenvalue weighted by molar-refractivity contribution is 0.266. The van der Waals surface area contributed by atoms with E-state index in [9.17, 15) is 0 Å². The maximum atomic E-state index is 6.15. The Morgan fingerprint density at radius 1 is 0.739 bits per heavy atom. The van der Waals surface area contributed by atoms with Gasteiger partial charge in [-0.1, -0.05) is 101 Å². The number of benzene rings is 4. The molecule has 0 radical (unpaired) electrons. The van der Waals surface area contributed by atoms with Crippen LogP contribution in [0, 0.1) is 0 Å². The first-order valence-electron chi connectivity index (χ1n) is 15.5. The van der Waals surface area contributed by atoms with E-state index in [0.717, 1.165) is 47.7 Å². The molecule has 0 saturated carbocycles. The van der Waals surface area contributed by atoms with Crippen LogP contribution < -0.4 is 34.7 Å². The molecule has 0 saturated heterocycles. The Labute approximate surface area is 276 Å². The summed E-state index contributed by atoms with van der Waals surface area (Å²) in [5, 5.41) is 3.61. The van der Waals surface area contributed by atoms with Gasteiger partial charge in [-0.2, -0.15) is 0 Å². The molecule has 3 N–H and O–H groups in total. The van der Waals surface area contributed by atoms with E-state index in [1.165, 1.54) is 11.1 Å². The van der Waals surface area contributed by atoms with Gasteiger partial charge in [-0.25, -0.2) is 0 Å². The monoisotopic (exact) mass is 628 g/mol. The average molecular weight is 629 g/mol. The zero-order chi connectivity index (χ0) is 32.4. The second kappa shape index (κ2) is 20.5. The minimum atomic E-state index is 0. The van der Waals surface area contributed by atoms with E-state index >= 15 is 0 Å². The molecule has 248 valence electrons. The molecule has 0 amide bonds. The number of fused-ring (bicyclic) bond motifs is 1. The highest BCUT2D eigenvalue weighted by Crippen LogP contribution is 2.40. The largest absolute Gasteiger partial charge is 0.493 e. The van der Waals surface area contributed by atoms with Crippen molar-refractivity contribution in [1.82, 2.24) is 5.32 Å². The Balaban J connectivity index is 0.00000116. The van der Waals surface area contributed by atoms with Crippen LogP contribution in [-0.2, 0) is 19.6 Å². The third-order valence-electron chi connectivity index (χ3n) is 6.95. The fourth-order valence-corrected chi connectivity index (χ4v) is 4.85. The smallest absolute Gasteiger partial charge is 0.203 e. The molecule has 0 aromatic heterocycles. The van der Waals surface area contributed by atoms with Crippen LogP contribution in [0.15, 0.2) is 91.0 Å². The van der Waals surface area contributed by atoms with E-state index < -0.39 is 0 Å². The number of hydrogen-bond acceptors (Lipinski definition) is 7. The number of methoxy groups -OCH3 is 3. The summed E-state index contributed by atoms with van der Waals surface area (Å²) in [5.41, 5.74) is 10.4. The molecule has 1 unspecified atom stereocenters. The van der Waals surface area contributed by atoms with Gasteiger partial charge in [-0.05, 0) is 65.0 Å². The van der Waals surface area contributed by atoms with Gasteiger partial charge in [0.05, 0.1) is 27.4 Å². The zero-order valence-electron chi connectivity index (χ0n) is 27.5. The van der Waals surface area contributed by atoms with E-state index in [2.05, 4.69) is 41.7 Å². The van der Waals surface area contributed by atoms with Crippen molar-refractivity contribution >= 4 is 6.08 Å². The summed E-state index contributed by atoms with van der Waals surface area (Å²) >= 11 is 0. The van der Waals surface area contributed by atoms with Crippen molar-refractivity contribution in [3.8, 4) is 28.7 Å². The fraction of sp³-hybridized carbons (Fsp3) is 0.333. The average Bonchev–Trinajstić information content (AvgIpc) is 3.10. The van der Waals surface area contributed by atoms with Gasteiger partial charge in [0.1, 0.15) is 13.2 Å². The molecule has 46 heavy (non-hydrogen) atoms. The molecule has 4 aromatic rings. The van der Waals surface area contributed by atoms with Gasteiger partial charge in [-0.3, -0.25) is 0 Å². The minimum absolute atomic E-state index is 0. The van der Waals surface area contributed by atoms with Crippen LogP contribution in [0.25, 0.3) is 6.08 Å². The molecule has 7 nitrogen and oxygen atoms in total. The Morgan fingerprint density at radius 3 is 1.78 bits per heavy atom. The summed E-state index contributed by atoms with van der Waals surface area (Å²) in [7, 11) is 4.96. The lowest BCUT2D eigenvalue weighted by Crippen LogP contribution is -2.28. The number of ether oxygens (including phenoxy) is 5. The Kier molecular flexibility index (Phi) is 16.9. The second-order valence-corrected chi connectivity index (χ2v) is 9.95. The zero-order valence-corrected chi connectivity index (χ0v) is 27.5. The van der Waals surface area contributed by atoms with Crippen LogP contribution in [0.1, 0.15) is 62.1 Å². The van der Waals surface area contributed by atoms with Gasteiger partial charge in [0.2, 0.25) is 5.75 Å². The molecule has 1 atom stereocenters. The number of nitrogens with one attached hydrogen (secondary N) is 1. The highest BCUT2D eigenvalue weighted by atomic mass is 16.5. The lowest BCUT2D eigenvalue weighted by atomic mass is 9.93. The first-order chi connectivity index (χ1) is 22.1. The molecule has 1 aliphatic heterocycles. The molecule has 0 aliphatic carbocycles. The Hall–Kier alpha value is -4.46. The second-order valence-electron chi connectivity index (χ2n) is 9.95. The van der Waals surface area contributed by atoms with Crippen molar-refractivity contribution in [3.63, 3.8) is 0 Å². The lowest BCUT2D eigenvalue weighted by Gasteiger charge is -2.26. The van der Waals surface area contributed by atoms with E-state index in [4.69, 9.17) is 29.4 Å². The Bertz CT molecular complexity index is 1430. The summed E-state index contributed by atoms with van der Waals surface area (Å²) in [6.45, 7) is 8.43. The van der Waals surface area contributed by atoms with Crippen molar-refractivity contribution in [2.45, 2.75) is 53.9 Å². The van der Waals surface area contributed by atoms with Crippen molar-refractivity contribution < 1.29 is 23.7 Å². The number of rotatable bonds is 11. The molecular weight excluding hydrogens is 576 g/mol. The van der Waals surface area contributed by atoms with Gasteiger partial charge in [0.15, 0.2) is 23.0 Å². The van der Waals surface area contributed by atoms with E-state index in [1.54, 1.807) is 21.3 Å². The van der Waals surface area contributed by atoms with Crippen molar-refractivity contribution in [2.24, 2.45) is 5.73 Å². The molecule has 1 heterocycles. The maximum absolute atomic E-state index is 6.15. The van der Waals surface area contributed by atoms with Gasteiger partial charge in [0, 0.05) is 6.54 Å². The van der Waals surface area contributed by atoms with Crippen molar-refractivity contribution in [3.05, 3.63) is 119 Å². The predicted molar refractivity (Wildman–Crippen MR) is 190 cm³/mol. The molecule has 0 fully saturated rings. The third-order valence-corrected chi connectivity index (χ3v) is 6.95. The highest BCUT2D eigenvalue weighted by molar-refractivity contribution is 5.63. The summed E-state index contributed by atoms with van der Waals surface area (Å²) in [6, 6.07) is 28.3. The normalized spacial score (nSPS) is 13.1. The molecule has 0 bridgehead atoms. The predicted octanol–water partition coefficient (Wildman–Crippen LogP) is 8.40. The van der Waals surface area contributed by atoms with E-state index in [-0.39, 0.29) is 13.5 Å². The van der Waals surface area contributed by atoms with Crippen LogP contribution in [0.4, 0.5) is 0 Å². The van der Waals surface area contributed by atoms with Crippen LogP contribution in [-0.4, -0.2) is 34.4 Å². The van der Waals surface area contributed by atoms with Gasteiger partial charge >= 0.3 is 0 Å². The van der Waals surface area contributed by atoms with E-state index in [0.29, 0.717) is 30.5 Å². The van der Waals surface area contributed by atoms with Crippen molar-refractivity contribution in [1.29, 1.82) is 0 Å². The van der Waals surface area contributed by atoms with Crippen LogP contribution in [0.5, 0.6) is 28.7 Å². The Morgan fingerprint density at radius 2 is 1.26 bits per heavy atom. The van der Waals surface area contributed by atoms with Gasteiger partial charge in [0.25, 0.3) is 0 Å². The van der Waals surface area contributed by atoms with Gasteiger partial charge in [-0.15, -0.1) is 0 Å². The highest BCUT2D eigenvalue weighted by Gasteiger charge is 2.21. The van der Waals surface area contributed by atoms with Crippen molar-refractivity contribution in [2.75, 3.05) is 34.4 Å². The maximum Gasteiger partial charge on any atom is 0.203 e. The minimum Gasteiger partial charge on any atom is -0.493 e. The van der Waals surface area contributed by atoms with Crippen LogP contribution in [0.3, 0.4) is 0 Å². The van der Waals surface area contributed by atoms with Crippen LogP contribution >= 0.6 is 0 Å². The first-order valence-corrected chi connectivity index (χ1v) is 15.5. The van der Waals surface area contributed by atoms with Crippen LogP contribution in [0.2, 0.25) is 0 Å². The van der Waals surface area contributed by atoms with E-state index in [1.807, 2.05) is 81.4 Å². The summed E-state index contributed by atoms with van der Waals surface area (Å²) in [4.78, 5) is 0. The quantitative estimate of drug-likeness (QED) is 0.173. The fourth-order valence-electron chi connectivity index (χ4n) is 4.85. The molecule has 5 rings (SSSR count). The summed E-state index contributed by atoms with van der Waals surface area (Å²) in [6.07, 6.45) is 5.15. The molecule has 0 spiro atoms. The molecule has 4 aromatic carbocycles. The molecule has 7 heteroatoms. The summed E-state index contributed by atoms with van der Waals surface area (Å²) in [5.74, 6) is 3.30. The first kappa shape index (κ1) is 37.7. The topological polar surface area (TPSA) is 84.2 Å². The summed E-state index contributed by atoms with van der Waals surface area (Å²) < 4.78 is 29.3. The SMILES string of the molecule is C.CC.CCN.COc1cc2c(cc1OCc1ccccc1)CCNC2/C=C/c1cc(OC)c(OCc2ccccc2)c(OC)c1. The number of nitrogens with two attached hydrogens (primary N) is 1. The standard InChI is InChI=1S/C34H35NO5.C2H7N.C2H6.CH4/c1-36-30-21-28-27(20-31(30)39-22-24-10-6-4-7-11-24)16-17-35-29(28)15-14-26-18-32(37-2)34(33(19-26)38-3)40-23-25-12-8-5-9-13-25;1-2-3;1-2;/h4-15,18-21,29,35H,16-17,22-23H2,1-3H3;2-3H2,1H3;1-2H3;1H4/b15-14+;;;. The van der Waals surface area contributed by atoms with Gasteiger partial charge < -0.3 is 34.7 Å². The third kappa shape index (κ3) is 10.6.